The molecule has 0 aromatic rings. The Morgan fingerprint density at radius 2 is 1.93 bits per heavy atom. The predicted molar refractivity (Wildman–Crippen MR) is 108 cm³/mol. The average Bonchev–Trinajstić information content (AvgIpc) is 2.88. The molecule has 0 amide bonds. The smallest absolute Gasteiger partial charge is 0.213 e. The van der Waals surface area contributed by atoms with Crippen LogP contribution in [0.2, 0.25) is 0 Å². The largest absolute Gasteiger partial charge is 0.381 e. The molecule has 8 heteroatoms. The summed E-state index contributed by atoms with van der Waals surface area (Å²) in [6.07, 6.45) is 0.987. The van der Waals surface area contributed by atoms with Crippen LogP contribution in [0.25, 0.3) is 0 Å². The maximum atomic E-state index is 15.4. The number of hydrogen-bond donors (Lipinski definition) is 1. The van der Waals surface area contributed by atoms with Crippen LogP contribution in [-0.2, 0) is 9.59 Å². The van der Waals surface area contributed by atoms with Crippen molar-refractivity contribution in [1.29, 1.82) is 0 Å². The fourth-order valence-corrected chi connectivity index (χ4v) is 8.46. The van der Waals surface area contributed by atoms with Crippen LogP contribution in [0.4, 0.5) is 13.2 Å². The monoisotopic (exact) mass is 464 g/mol. The summed E-state index contributed by atoms with van der Waals surface area (Å²) < 4.78 is 43.5. The van der Waals surface area contributed by atoms with Crippen LogP contribution in [0.5, 0.6) is 0 Å². The van der Waals surface area contributed by atoms with Crippen molar-refractivity contribution in [2.45, 2.75) is 62.1 Å². The highest BCUT2D eigenvalue weighted by molar-refractivity contribution is 6.34. The fraction of sp³-hybridized carbons (Fsp3) is 0.727. The number of carbonyl (C=O) groups is 2. The number of fused-ring (bicyclic) bond motifs is 5. The number of rotatable bonds is 2. The Bertz CT molecular complexity index is 891. The van der Waals surface area contributed by atoms with E-state index in [0.717, 1.165) is 6.08 Å². The highest BCUT2D eigenvalue weighted by atomic mass is 35.5. The SMILES string of the molecule is C[C@@H]1C[C@H]2[C@@H]3C[C@H](F)C4=C(F)C(=O)C=C[C@]4(C)[C@@]3(Cl)[C@@H](Cl)C[C@]2(C)[C@@]1(O)C(=O)CF. The van der Waals surface area contributed by atoms with Gasteiger partial charge in [0, 0.05) is 16.4 Å². The summed E-state index contributed by atoms with van der Waals surface area (Å²) in [5.41, 5.74) is -4.67. The Balaban J connectivity index is 1.89. The van der Waals surface area contributed by atoms with Crippen LogP contribution in [0.1, 0.15) is 40.0 Å². The van der Waals surface area contributed by atoms with Crippen molar-refractivity contribution in [2.75, 3.05) is 6.67 Å². The van der Waals surface area contributed by atoms with Gasteiger partial charge in [0.05, 0.1) is 10.3 Å². The van der Waals surface area contributed by atoms with Crippen molar-refractivity contribution < 1.29 is 27.9 Å². The average molecular weight is 465 g/mol. The number of alkyl halides is 4. The van der Waals surface area contributed by atoms with Gasteiger partial charge in [-0.25, -0.2) is 13.2 Å². The topological polar surface area (TPSA) is 54.4 Å². The van der Waals surface area contributed by atoms with Crippen molar-refractivity contribution in [3.8, 4) is 0 Å². The number of hydrogen-bond acceptors (Lipinski definition) is 3. The second-order valence-corrected chi connectivity index (χ2v) is 11.0. The molecule has 4 aliphatic rings. The van der Waals surface area contributed by atoms with Crippen LogP contribution in [0, 0.1) is 28.6 Å². The minimum atomic E-state index is -1.94. The van der Waals surface area contributed by atoms with Crippen LogP contribution < -0.4 is 0 Å². The van der Waals surface area contributed by atoms with Gasteiger partial charge in [0.1, 0.15) is 11.8 Å². The van der Waals surface area contributed by atoms with E-state index in [1.807, 2.05) is 0 Å². The molecule has 3 nitrogen and oxygen atoms in total. The molecule has 3 saturated carbocycles. The number of Topliss-reactive ketones (excluding diaryl/α,β-unsaturated/α-hetero) is 1. The van der Waals surface area contributed by atoms with E-state index in [2.05, 4.69) is 0 Å². The second-order valence-electron chi connectivity index (χ2n) is 9.86. The number of ketones is 2. The molecule has 166 valence electrons. The molecule has 4 rings (SSSR count). The summed E-state index contributed by atoms with van der Waals surface area (Å²) in [5.74, 6) is -4.54. The lowest BCUT2D eigenvalue weighted by Crippen LogP contribution is -2.69. The van der Waals surface area contributed by atoms with Crippen LogP contribution in [0.15, 0.2) is 23.6 Å². The lowest BCUT2D eigenvalue weighted by Gasteiger charge is -2.64. The first-order valence-electron chi connectivity index (χ1n) is 10.2. The summed E-state index contributed by atoms with van der Waals surface area (Å²) >= 11 is 14.0. The maximum Gasteiger partial charge on any atom is 0.213 e. The van der Waals surface area contributed by atoms with Crippen LogP contribution in [0.3, 0.4) is 0 Å². The summed E-state index contributed by atoms with van der Waals surface area (Å²) in [7, 11) is 0. The van der Waals surface area contributed by atoms with Gasteiger partial charge >= 0.3 is 0 Å². The summed E-state index contributed by atoms with van der Waals surface area (Å²) in [5, 5.41) is 10.5. The molecule has 0 bridgehead atoms. The standard InChI is InChI=1S/C22H25Cl2F3O3/c1-10-6-11-12-7-13(26)17-18(27)14(28)4-5-19(17,2)21(12,24)15(23)8-20(11,3)22(10,30)16(29)9-25/h4-5,10-13,15,30H,6-9H2,1-3H3/t10-,11+,12+,13+,15+,19+,20+,21+,22+/m1/s1. The molecule has 4 aliphatic carbocycles. The zero-order chi connectivity index (χ0) is 22.4. The van der Waals surface area contributed by atoms with Gasteiger partial charge in [-0.15, -0.1) is 23.2 Å². The molecule has 0 aliphatic heterocycles. The Labute approximate surface area is 183 Å². The third kappa shape index (κ3) is 2.28. The second kappa shape index (κ2) is 6.58. The van der Waals surface area contributed by atoms with E-state index in [4.69, 9.17) is 23.2 Å². The molecular formula is C22H25Cl2F3O3. The highest BCUT2D eigenvalue weighted by Gasteiger charge is 2.75. The van der Waals surface area contributed by atoms with Gasteiger partial charge in [0.25, 0.3) is 0 Å². The lowest BCUT2D eigenvalue weighted by molar-refractivity contribution is -0.166. The Morgan fingerprint density at radius 3 is 2.53 bits per heavy atom. The van der Waals surface area contributed by atoms with Gasteiger partial charge in [-0.05, 0) is 43.1 Å². The number of carbonyl (C=O) groups excluding carboxylic acids is 2. The molecule has 0 heterocycles. The Morgan fingerprint density at radius 1 is 1.30 bits per heavy atom. The fourth-order valence-electron chi connectivity index (χ4n) is 7.26. The van der Waals surface area contributed by atoms with Gasteiger partial charge in [-0.2, -0.15) is 0 Å². The first-order valence-corrected chi connectivity index (χ1v) is 11.0. The number of halogens is 5. The Hall–Kier alpha value is -0.850. The van der Waals surface area contributed by atoms with Crippen LogP contribution >= 0.6 is 23.2 Å². The molecular weight excluding hydrogens is 440 g/mol. The van der Waals surface area contributed by atoms with E-state index in [0.29, 0.717) is 6.42 Å². The predicted octanol–water partition coefficient (Wildman–Crippen LogP) is 4.63. The maximum absolute atomic E-state index is 15.4. The van der Waals surface area contributed by atoms with E-state index >= 15 is 4.39 Å². The first kappa shape index (κ1) is 22.3. The van der Waals surface area contributed by atoms with E-state index in [9.17, 15) is 23.5 Å². The molecule has 9 atom stereocenters. The molecule has 0 unspecified atom stereocenters. The minimum absolute atomic E-state index is 0.0784. The summed E-state index contributed by atoms with van der Waals surface area (Å²) in [6.45, 7) is 3.66. The quantitative estimate of drug-likeness (QED) is 0.605. The van der Waals surface area contributed by atoms with Gasteiger partial charge in [0.2, 0.25) is 5.78 Å². The van der Waals surface area contributed by atoms with Crippen molar-refractivity contribution in [1.82, 2.24) is 0 Å². The number of aliphatic hydroxyl groups is 1. The normalized spacial score (nSPS) is 52.7. The van der Waals surface area contributed by atoms with Gasteiger partial charge in [-0.1, -0.05) is 26.8 Å². The van der Waals surface area contributed by atoms with Crippen molar-refractivity contribution in [3.05, 3.63) is 23.6 Å². The molecule has 0 radical (unpaired) electrons. The molecule has 0 spiro atoms. The summed E-state index contributed by atoms with van der Waals surface area (Å²) in [6, 6.07) is 0. The first-order chi connectivity index (χ1) is 13.8. The zero-order valence-electron chi connectivity index (χ0n) is 17.0. The third-order valence-corrected chi connectivity index (χ3v) is 10.3. The van der Waals surface area contributed by atoms with E-state index in [1.54, 1.807) is 20.8 Å². The molecule has 1 N–H and O–H groups in total. The molecule has 30 heavy (non-hydrogen) atoms. The van der Waals surface area contributed by atoms with Gasteiger partial charge < -0.3 is 5.11 Å². The lowest BCUT2D eigenvalue weighted by atomic mass is 9.46. The van der Waals surface area contributed by atoms with Crippen molar-refractivity contribution in [2.24, 2.45) is 28.6 Å². The third-order valence-electron chi connectivity index (χ3n) is 8.79. The molecule has 0 aromatic heterocycles. The van der Waals surface area contributed by atoms with Crippen molar-refractivity contribution in [3.63, 3.8) is 0 Å². The molecule has 0 saturated heterocycles. The van der Waals surface area contributed by atoms with Gasteiger partial charge in [-0.3, -0.25) is 9.59 Å². The van der Waals surface area contributed by atoms with Crippen LogP contribution in [-0.4, -0.2) is 45.4 Å². The van der Waals surface area contributed by atoms with Crippen molar-refractivity contribution >= 4 is 34.8 Å². The zero-order valence-corrected chi connectivity index (χ0v) is 18.5. The number of allylic oxidation sites excluding steroid dienone is 4. The molecule has 0 aromatic carbocycles. The molecule has 3 fully saturated rings. The van der Waals surface area contributed by atoms with Gasteiger partial charge in [0.15, 0.2) is 18.3 Å². The Kier molecular flexibility index (Phi) is 4.90. The highest BCUT2D eigenvalue weighted by Crippen LogP contribution is 2.72. The van der Waals surface area contributed by atoms with E-state index < -0.39 is 74.7 Å². The minimum Gasteiger partial charge on any atom is -0.381 e. The van der Waals surface area contributed by atoms with E-state index in [-0.39, 0.29) is 18.4 Å². The summed E-state index contributed by atoms with van der Waals surface area (Å²) in [4.78, 5) is 23.1. The van der Waals surface area contributed by atoms with E-state index in [1.165, 1.54) is 6.08 Å².